The first-order valence-electron chi connectivity index (χ1n) is 7.68. The quantitative estimate of drug-likeness (QED) is 0.514. The summed E-state index contributed by atoms with van der Waals surface area (Å²) in [5.41, 5.74) is 6.18. The van der Waals surface area contributed by atoms with Gasteiger partial charge in [0, 0.05) is 10.9 Å². The zero-order chi connectivity index (χ0) is 16.6. The van der Waals surface area contributed by atoms with E-state index in [1.807, 2.05) is 45.0 Å². The Labute approximate surface area is 135 Å². The van der Waals surface area contributed by atoms with Gasteiger partial charge in [-0.3, -0.25) is 4.79 Å². The number of furan rings is 1. The summed E-state index contributed by atoms with van der Waals surface area (Å²) in [6.45, 7) is 8.07. The van der Waals surface area contributed by atoms with Crippen LogP contribution in [0.4, 0.5) is 0 Å². The molecule has 0 bridgehead atoms. The number of carbonyl (C=O) groups excluding carboxylic acids is 1. The summed E-state index contributed by atoms with van der Waals surface area (Å²) in [6, 6.07) is 9.85. The number of rotatable bonds is 3. The van der Waals surface area contributed by atoms with Gasteiger partial charge in [-0.2, -0.15) is 0 Å². The molecule has 1 aromatic heterocycles. The SMILES string of the molecule is Cc1cc(C)cc(OC(=O)Cc2coc3cc(C)c(C)cc23)c1. The lowest BCUT2D eigenvalue weighted by Gasteiger charge is -2.06. The molecule has 0 saturated carbocycles. The minimum Gasteiger partial charge on any atom is -0.464 e. The van der Waals surface area contributed by atoms with Crippen LogP contribution in [-0.4, -0.2) is 5.97 Å². The molecular weight excluding hydrogens is 288 g/mol. The summed E-state index contributed by atoms with van der Waals surface area (Å²) in [6.07, 6.45) is 1.84. The Morgan fingerprint density at radius 2 is 1.61 bits per heavy atom. The van der Waals surface area contributed by atoms with Crippen LogP contribution < -0.4 is 4.74 Å². The van der Waals surface area contributed by atoms with Crippen molar-refractivity contribution < 1.29 is 13.9 Å². The molecule has 0 aliphatic carbocycles. The van der Waals surface area contributed by atoms with Crippen molar-refractivity contribution in [1.29, 1.82) is 0 Å². The van der Waals surface area contributed by atoms with E-state index < -0.39 is 0 Å². The van der Waals surface area contributed by atoms with Crippen LogP contribution in [0.3, 0.4) is 0 Å². The molecule has 0 unspecified atom stereocenters. The second kappa shape index (κ2) is 5.92. The van der Waals surface area contributed by atoms with Gasteiger partial charge >= 0.3 is 5.97 Å². The predicted molar refractivity (Wildman–Crippen MR) is 90.9 cm³/mol. The van der Waals surface area contributed by atoms with Crippen molar-refractivity contribution in [2.75, 3.05) is 0 Å². The maximum atomic E-state index is 12.2. The Hall–Kier alpha value is -2.55. The van der Waals surface area contributed by atoms with Crippen LogP contribution in [0.5, 0.6) is 5.75 Å². The summed E-state index contributed by atoms with van der Waals surface area (Å²) in [5.74, 6) is 0.309. The maximum Gasteiger partial charge on any atom is 0.315 e. The van der Waals surface area contributed by atoms with E-state index in [0.29, 0.717) is 5.75 Å². The van der Waals surface area contributed by atoms with Gasteiger partial charge in [0.15, 0.2) is 0 Å². The van der Waals surface area contributed by atoms with E-state index in [0.717, 1.165) is 27.7 Å². The number of fused-ring (bicyclic) bond motifs is 1. The molecule has 0 aliphatic rings. The zero-order valence-electron chi connectivity index (χ0n) is 13.9. The first kappa shape index (κ1) is 15.3. The highest BCUT2D eigenvalue weighted by Crippen LogP contribution is 2.25. The van der Waals surface area contributed by atoms with Crippen molar-refractivity contribution in [3.63, 3.8) is 0 Å². The Kier molecular flexibility index (Phi) is 3.95. The lowest BCUT2D eigenvalue weighted by molar-refractivity contribution is -0.133. The number of aryl methyl sites for hydroxylation is 4. The molecule has 0 N–H and O–H groups in total. The zero-order valence-corrected chi connectivity index (χ0v) is 13.9. The minimum atomic E-state index is -0.282. The highest BCUT2D eigenvalue weighted by Gasteiger charge is 2.13. The van der Waals surface area contributed by atoms with Crippen LogP contribution in [0.1, 0.15) is 27.8 Å². The van der Waals surface area contributed by atoms with Gasteiger partial charge in [-0.15, -0.1) is 0 Å². The van der Waals surface area contributed by atoms with Gasteiger partial charge in [-0.1, -0.05) is 6.07 Å². The van der Waals surface area contributed by atoms with Crippen molar-refractivity contribution in [3.05, 3.63) is 64.4 Å². The Balaban J connectivity index is 1.81. The van der Waals surface area contributed by atoms with Gasteiger partial charge in [0.1, 0.15) is 11.3 Å². The van der Waals surface area contributed by atoms with E-state index in [2.05, 4.69) is 13.0 Å². The van der Waals surface area contributed by atoms with Crippen LogP contribution in [-0.2, 0) is 11.2 Å². The van der Waals surface area contributed by atoms with Crippen molar-refractivity contribution >= 4 is 16.9 Å². The molecule has 23 heavy (non-hydrogen) atoms. The summed E-state index contributed by atoms with van der Waals surface area (Å²) in [4.78, 5) is 12.2. The average Bonchev–Trinajstić information content (AvgIpc) is 2.80. The van der Waals surface area contributed by atoms with Crippen LogP contribution in [0.2, 0.25) is 0 Å². The van der Waals surface area contributed by atoms with E-state index in [-0.39, 0.29) is 12.4 Å². The number of carbonyl (C=O) groups is 1. The summed E-state index contributed by atoms with van der Waals surface area (Å²) >= 11 is 0. The predicted octanol–water partition coefficient (Wildman–Crippen LogP) is 4.81. The molecule has 2 aromatic carbocycles. The lowest BCUT2D eigenvalue weighted by Crippen LogP contribution is -2.11. The van der Waals surface area contributed by atoms with E-state index in [9.17, 15) is 4.79 Å². The molecule has 118 valence electrons. The second-order valence-electron chi connectivity index (χ2n) is 6.17. The minimum absolute atomic E-state index is 0.197. The number of ether oxygens (including phenoxy) is 1. The Bertz CT molecular complexity index is 867. The fourth-order valence-corrected chi connectivity index (χ4v) is 2.79. The fraction of sp³-hybridized carbons (Fsp3) is 0.250. The standard InChI is InChI=1S/C20H20O3/c1-12-5-13(2)7-17(6-12)23-20(21)10-16-11-22-19-9-15(4)14(3)8-18(16)19/h5-9,11H,10H2,1-4H3. The van der Waals surface area contributed by atoms with E-state index in [4.69, 9.17) is 9.15 Å². The number of hydrogen-bond donors (Lipinski definition) is 0. The molecule has 0 aliphatic heterocycles. The van der Waals surface area contributed by atoms with Crippen molar-refractivity contribution in [2.45, 2.75) is 34.1 Å². The van der Waals surface area contributed by atoms with Crippen LogP contribution >= 0.6 is 0 Å². The molecule has 0 saturated heterocycles. The molecule has 3 aromatic rings. The topological polar surface area (TPSA) is 39.4 Å². The highest BCUT2D eigenvalue weighted by molar-refractivity contribution is 5.87. The molecule has 3 nitrogen and oxygen atoms in total. The molecule has 3 rings (SSSR count). The van der Waals surface area contributed by atoms with Gasteiger partial charge in [0.25, 0.3) is 0 Å². The summed E-state index contributed by atoms with van der Waals surface area (Å²) in [7, 11) is 0. The van der Waals surface area contributed by atoms with Crippen LogP contribution in [0, 0.1) is 27.7 Å². The lowest BCUT2D eigenvalue weighted by atomic mass is 10.0. The first-order valence-corrected chi connectivity index (χ1v) is 7.68. The largest absolute Gasteiger partial charge is 0.464 e. The third kappa shape index (κ3) is 3.29. The second-order valence-corrected chi connectivity index (χ2v) is 6.17. The average molecular weight is 308 g/mol. The van der Waals surface area contributed by atoms with Gasteiger partial charge in [0.2, 0.25) is 0 Å². The van der Waals surface area contributed by atoms with Gasteiger partial charge in [-0.25, -0.2) is 0 Å². The van der Waals surface area contributed by atoms with E-state index in [1.54, 1.807) is 6.26 Å². The summed E-state index contributed by atoms with van der Waals surface area (Å²) in [5, 5.41) is 0.977. The summed E-state index contributed by atoms with van der Waals surface area (Å²) < 4.78 is 11.0. The molecule has 1 heterocycles. The number of esters is 1. The third-order valence-electron chi connectivity index (χ3n) is 4.03. The smallest absolute Gasteiger partial charge is 0.315 e. The molecule has 0 atom stereocenters. The molecule has 0 amide bonds. The maximum absolute atomic E-state index is 12.2. The van der Waals surface area contributed by atoms with Crippen molar-refractivity contribution in [2.24, 2.45) is 0 Å². The molecule has 0 radical (unpaired) electrons. The van der Waals surface area contributed by atoms with Crippen LogP contribution in [0.25, 0.3) is 11.0 Å². The molecule has 0 fully saturated rings. The van der Waals surface area contributed by atoms with Gasteiger partial charge in [0.05, 0.1) is 12.7 Å². The van der Waals surface area contributed by atoms with Gasteiger partial charge < -0.3 is 9.15 Å². The first-order chi connectivity index (χ1) is 10.9. The normalized spacial score (nSPS) is 11.0. The van der Waals surface area contributed by atoms with Crippen molar-refractivity contribution in [3.8, 4) is 5.75 Å². The number of hydrogen-bond acceptors (Lipinski definition) is 3. The van der Waals surface area contributed by atoms with E-state index >= 15 is 0 Å². The highest BCUT2D eigenvalue weighted by atomic mass is 16.5. The fourth-order valence-electron chi connectivity index (χ4n) is 2.79. The van der Waals surface area contributed by atoms with Gasteiger partial charge in [-0.05, 0) is 74.2 Å². The third-order valence-corrected chi connectivity index (χ3v) is 4.03. The molecule has 0 spiro atoms. The van der Waals surface area contributed by atoms with Crippen molar-refractivity contribution in [1.82, 2.24) is 0 Å². The monoisotopic (exact) mass is 308 g/mol. The Morgan fingerprint density at radius 3 is 2.30 bits per heavy atom. The Morgan fingerprint density at radius 1 is 0.957 bits per heavy atom. The number of benzene rings is 2. The molecular formula is C20H20O3. The molecule has 3 heteroatoms. The van der Waals surface area contributed by atoms with Crippen LogP contribution in [0.15, 0.2) is 41.0 Å². The van der Waals surface area contributed by atoms with E-state index in [1.165, 1.54) is 11.1 Å².